The number of ether oxygens (including phenoxy) is 1. The predicted octanol–water partition coefficient (Wildman–Crippen LogP) is 4.83. The average Bonchev–Trinajstić information content (AvgIpc) is 3.59. The number of fused-ring (bicyclic) bond motifs is 2. The second-order valence-electron chi connectivity index (χ2n) is 11.7. The summed E-state index contributed by atoms with van der Waals surface area (Å²) in [4.78, 5) is 19.0. The van der Waals surface area contributed by atoms with Crippen LogP contribution >= 0.6 is 0 Å². The van der Waals surface area contributed by atoms with Crippen LogP contribution < -0.4 is 10.5 Å². The van der Waals surface area contributed by atoms with Gasteiger partial charge < -0.3 is 35.0 Å². The lowest BCUT2D eigenvalue weighted by Crippen LogP contribution is -2.51. The van der Waals surface area contributed by atoms with Crippen molar-refractivity contribution in [3.8, 4) is 5.75 Å². The summed E-state index contributed by atoms with van der Waals surface area (Å²) in [7, 11) is 0. The van der Waals surface area contributed by atoms with Crippen molar-refractivity contribution in [2.75, 3.05) is 32.7 Å². The molecule has 0 unspecified atom stereocenters. The first-order chi connectivity index (χ1) is 20.2. The number of aromatic nitrogens is 1. The Bertz CT molecular complexity index is 1490. The third-order valence-electron chi connectivity index (χ3n) is 8.52. The molecule has 0 aliphatic carbocycles. The van der Waals surface area contributed by atoms with Crippen molar-refractivity contribution in [3.05, 3.63) is 65.8 Å². The van der Waals surface area contributed by atoms with E-state index in [-0.39, 0.29) is 24.2 Å². The molecule has 2 aliphatic heterocycles. The minimum atomic E-state index is -1.03. The van der Waals surface area contributed by atoms with E-state index in [0.29, 0.717) is 45.6 Å². The summed E-state index contributed by atoms with van der Waals surface area (Å²) in [6.07, 6.45) is 4.64. The van der Waals surface area contributed by atoms with E-state index in [2.05, 4.69) is 28.6 Å². The van der Waals surface area contributed by atoms with Crippen molar-refractivity contribution < 1.29 is 28.6 Å². The summed E-state index contributed by atoms with van der Waals surface area (Å²) < 4.78 is 24.6. The number of likely N-dealkylation sites (tertiary alicyclic amines) is 2. The van der Waals surface area contributed by atoms with Gasteiger partial charge in [-0.2, -0.15) is 0 Å². The Morgan fingerprint density at radius 3 is 2.69 bits per heavy atom. The van der Waals surface area contributed by atoms with E-state index in [9.17, 15) is 14.3 Å². The maximum Gasteiger partial charge on any atom is 0.352 e. The highest BCUT2D eigenvalue weighted by Crippen LogP contribution is 2.29. The predicted molar refractivity (Wildman–Crippen MR) is 160 cm³/mol. The van der Waals surface area contributed by atoms with Crippen LogP contribution in [0.2, 0.25) is 0 Å². The third kappa shape index (κ3) is 7.12. The molecule has 42 heavy (non-hydrogen) atoms. The van der Waals surface area contributed by atoms with Gasteiger partial charge in [-0.1, -0.05) is 13.0 Å². The van der Waals surface area contributed by atoms with E-state index in [1.54, 1.807) is 24.3 Å². The summed E-state index contributed by atoms with van der Waals surface area (Å²) in [6.45, 7) is 10.2. The number of aromatic carboxylic acids is 1. The van der Waals surface area contributed by atoms with Gasteiger partial charge >= 0.3 is 5.97 Å². The number of hydrogen-bond acceptors (Lipinski definition) is 7. The minimum Gasteiger partial charge on any atom is -0.488 e. The van der Waals surface area contributed by atoms with Crippen molar-refractivity contribution in [1.82, 2.24) is 14.8 Å². The van der Waals surface area contributed by atoms with Crippen LogP contribution in [0.4, 0.5) is 4.39 Å². The molecule has 2 aromatic carbocycles. The molecule has 3 atom stereocenters. The molecule has 2 fully saturated rings. The van der Waals surface area contributed by atoms with Crippen LogP contribution in [0.15, 0.2) is 53.1 Å². The second-order valence-corrected chi connectivity index (χ2v) is 11.7. The number of H-pyrrole nitrogens is 1. The molecule has 6 rings (SSSR count). The lowest BCUT2D eigenvalue weighted by Gasteiger charge is -2.41. The highest BCUT2D eigenvalue weighted by atomic mass is 19.1. The summed E-state index contributed by atoms with van der Waals surface area (Å²) in [5, 5.41) is 20.2. The number of aromatic amines is 1. The molecule has 0 saturated carbocycles. The fourth-order valence-electron chi connectivity index (χ4n) is 5.88. The number of furan rings is 1. The van der Waals surface area contributed by atoms with Crippen molar-refractivity contribution in [3.63, 3.8) is 0 Å². The van der Waals surface area contributed by atoms with E-state index in [4.69, 9.17) is 20.0 Å². The zero-order chi connectivity index (χ0) is 29.8. The first-order valence-corrected chi connectivity index (χ1v) is 14.7. The SMILES string of the molecule is C[C@H]1CN([C@@H](C)CN2CCC(N)CC2)CC[C@@H]1O.O=C(O)c1cc2c(OCc3coc4ccc(F)cc34)cccc2[nH]1. The summed E-state index contributed by atoms with van der Waals surface area (Å²) in [6, 6.07) is 12.1. The number of nitrogens with zero attached hydrogens (tertiary/aromatic N) is 2. The standard InChI is InChI=1S/C18H12FNO4.C14H29N3O/c19-11-4-5-17-12(6-11)10(9-24-17)8-23-16-3-1-2-14-13(16)7-15(20-14)18(21)22;1-11-9-17(8-5-14(11)18)12(2)10-16-6-3-13(15)4-7-16/h1-7,9,20H,8H2,(H,21,22);11-14,18H,3-10,15H2,1-2H3/t;11-,12-,14-/m.0/s1. The van der Waals surface area contributed by atoms with Gasteiger partial charge in [0.2, 0.25) is 0 Å². The molecular weight excluding hydrogens is 539 g/mol. The van der Waals surface area contributed by atoms with Gasteiger partial charge in [0.05, 0.1) is 12.4 Å². The van der Waals surface area contributed by atoms with Gasteiger partial charge in [0.1, 0.15) is 29.5 Å². The second kappa shape index (κ2) is 13.2. The van der Waals surface area contributed by atoms with Gasteiger partial charge in [-0.25, -0.2) is 9.18 Å². The maximum atomic E-state index is 13.4. The Morgan fingerprint density at radius 2 is 1.95 bits per heavy atom. The summed E-state index contributed by atoms with van der Waals surface area (Å²) >= 11 is 0. The van der Waals surface area contributed by atoms with Crippen molar-refractivity contribution in [2.45, 2.75) is 57.9 Å². The Hall–Kier alpha value is -3.44. The normalized spacial score (nSPS) is 21.3. The number of halogens is 1. The van der Waals surface area contributed by atoms with Gasteiger partial charge in [-0.15, -0.1) is 0 Å². The molecule has 2 saturated heterocycles. The molecule has 0 radical (unpaired) electrons. The minimum absolute atomic E-state index is 0.0943. The van der Waals surface area contributed by atoms with Gasteiger partial charge in [0.15, 0.2) is 0 Å². The van der Waals surface area contributed by atoms with E-state index < -0.39 is 5.97 Å². The lowest BCUT2D eigenvalue weighted by atomic mass is 9.95. The first kappa shape index (κ1) is 30.0. The molecule has 4 heterocycles. The molecule has 0 amide bonds. The lowest BCUT2D eigenvalue weighted by molar-refractivity contribution is 0.0119. The fraction of sp³-hybridized carbons (Fsp3) is 0.469. The maximum absolute atomic E-state index is 13.4. The van der Waals surface area contributed by atoms with Crippen LogP contribution in [0, 0.1) is 11.7 Å². The number of nitrogens with two attached hydrogens (primary N) is 1. The van der Waals surface area contributed by atoms with Gasteiger partial charge in [0.25, 0.3) is 0 Å². The van der Waals surface area contributed by atoms with Crippen LogP contribution in [-0.2, 0) is 6.61 Å². The number of aliphatic hydroxyl groups is 1. The molecular formula is C32H41FN4O5. The van der Waals surface area contributed by atoms with Crippen molar-refractivity contribution in [1.29, 1.82) is 0 Å². The van der Waals surface area contributed by atoms with Crippen LogP contribution in [-0.4, -0.2) is 81.9 Å². The van der Waals surface area contributed by atoms with Gasteiger partial charge in [0, 0.05) is 53.6 Å². The molecule has 2 aliphatic rings. The van der Waals surface area contributed by atoms with E-state index in [1.165, 1.54) is 24.5 Å². The Balaban J connectivity index is 0.000000176. The molecule has 5 N–H and O–H groups in total. The quantitative estimate of drug-likeness (QED) is 0.245. The molecule has 226 valence electrons. The number of carboxylic acids is 1. The van der Waals surface area contributed by atoms with Crippen LogP contribution in [0.25, 0.3) is 21.9 Å². The van der Waals surface area contributed by atoms with Crippen LogP contribution in [0.3, 0.4) is 0 Å². The number of nitrogens with one attached hydrogen (secondary N) is 1. The molecule has 0 spiro atoms. The Labute approximate surface area is 245 Å². The molecule has 10 heteroatoms. The monoisotopic (exact) mass is 580 g/mol. The van der Waals surface area contributed by atoms with E-state index in [1.807, 2.05) is 0 Å². The van der Waals surface area contributed by atoms with E-state index >= 15 is 0 Å². The number of carbonyl (C=O) groups is 1. The van der Waals surface area contributed by atoms with Gasteiger partial charge in [-0.3, -0.25) is 4.90 Å². The van der Waals surface area contributed by atoms with Crippen LogP contribution in [0.5, 0.6) is 5.75 Å². The number of piperidine rings is 2. The largest absolute Gasteiger partial charge is 0.488 e. The third-order valence-corrected chi connectivity index (χ3v) is 8.52. The zero-order valence-electron chi connectivity index (χ0n) is 24.3. The van der Waals surface area contributed by atoms with Crippen molar-refractivity contribution >= 4 is 27.8 Å². The molecule has 9 nitrogen and oxygen atoms in total. The summed E-state index contributed by atoms with van der Waals surface area (Å²) in [5.41, 5.74) is 8.01. The first-order valence-electron chi connectivity index (χ1n) is 14.7. The van der Waals surface area contributed by atoms with E-state index in [0.717, 1.165) is 57.5 Å². The smallest absolute Gasteiger partial charge is 0.352 e. The Kier molecular flexibility index (Phi) is 9.47. The number of rotatable bonds is 7. The molecule has 0 bridgehead atoms. The topological polar surface area (TPSA) is 128 Å². The van der Waals surface area contributed by atoms with Gasteiger partial charge in [-0.05, 0) is 81.6 Å². The highest BCUT2D eigenvalue weighted by Gasteiger charge is 2.28. The van der Waals surface area contributed by atoms with Crippen LogP contribution in [0.1, 0.15) is 49.2 Å². The number of hydrogen-bond donors (Lipinski definition) is 4. The summed E-state index contributed by atoms with van der Waals surface area (Å²) in [5.74, 6) is -0.421. The molecule has 2 aromatic heterocycles. The average molecular weight is 581 g/mol. The van der Waals surface area contributed by atoms with Crippen molar-refractivity contribution in [2.24, 2.45) is 11.7 Å². The number of aliphatic hydroxyl groups excluding tert-OH is 1. The number of benzene rings is 2. The molecule has 4 aromatic rings. The fourth-order valence-corrected chi connectivity index (χ4v) is 5.88. The number of carboxylic acid groups (broad SMARTS) is 1. The Morgan fingerprint density at radius 1 is 1.17 bits per heavy atom. The zero-order valence-corrected chi connectivity index (χ0v) is 24.3. The highest BCUT2D eigenvalue weighted by molar-refractivity contribution is 5.96.